The van der Waals surface area contributed by atoms with E-state index in [1.807, 2.05) is 57.2 Å². The summed E-state index contributed by atoms with van der Waals surface area (Å²) >= 11 is 0. The van der Waals surface area contributed by atoms with Crippen molar-refractivity contribution in [1.29, 1.82) is 0 Å². The van der Waals surface area contributed by atoms with Gasteiger partial charge in [0.25, 0.3) is 0 Å². The van der Waals surface area contributed by atoms with Crippen LogP contribution in [0.4, 0.5) is 5.69 Å². The molecule has 0 bridgehead atoms. The Kier molecular flexibility index (Phi) is 9.17. The summed E-state index contributed by atoms with van der Waals surface area (Å²) in [7, 11) is -3.75. The molecule has 2 amide bonds. The van der Waals surface area contributed by atoms with Gasteiger partial charge in [0.2, 0.25) is 21.8 Å². The number of benzene rings is 2. The Morgan fingerprint density at radius 1 is 1.00 bits per heavy atom. The van der Waals surface area contributed by atoms with Gasteiger partial charge in [0, 0.05) is 12.6 Å². The fourth-order valence-corrected chi connectivity index (χ4v) is 5.60. The minimum absolute atomic E-state index is 0.117. The molecule has 2 aromatic carbocycles. The summed E-state index contributed by atoms with van der Waals surface area (Å²) in [6.07, 6.45) is 6.35. The summed E-state index contributed by atoms with van der Waals surface area (Å²) in [6.45, 7) is 7.22. The van der Waals surface area contributed by atoms with Crippen molar-refractivity contribution in [3.05, 3.63) is 64.7 Å². The van der Waals surface area contributed by atoms with Crippen LogP contribution in [-0.2, 0) is 26.2 Å². The van der Waals surface area contributed by atoms with Gasteiger partial charge in [0.15, 0.2) is 0 Å². The monoisotopic (exact) mass is 513 g/mol. The second kappa shape index (κ2) is 11.9. The van der Waals surface area contributed by atoms with Crippen molar-refractivity contribution in [2.75, 3.05) is 17.1 Å². The molecule has 0 spiro atoms. The van der Waals surface area contributed by atoms with E-state index in [1.54, 1.807) is 13.0 Å². The Hall–Kier alpha value is -2.87. The number of aryl methyl sites for hydroxylation is 3. The zero-order chi connectivity index (χ0) is 26.5. The molecule has 1 unspecified atom stereocenters. The first-order chi connectivity index (χ1) is 17.0. The third-order valence-corrected chi connectivity index (χ3v) is 8.16. The molecule has 1 saturated carbocycles. The number of sulfonamides is 1. The largest absolute Gasteiger partial charge is 0.352 e. The Balaban J connectivity index is 1.91. The molecule has 8 heteroatoms. The maximum Gasteiger partial charge on any atom is 0.244 e. The van der Waals surface area contributed by atoms with Crippen LogP contribution < -0.4 is 9.62 Å². The maximum atomic E-state index is 13.8. The molecule has 1 fully saturated rings. The fraction of sp³-hybridized carbons (Fsp3) is 0.500. The van der Waals surface area contributed by atoms with E-state index < -0.39 is 22.0 Å². The molecule has 3 rings (SSSR count). The molecule has 196 valence electrons. The highest BCUT2D eigenvalue weighted by atomic mass is 32.2. The Bertz CT molecular complexity index is 1190. The van der Waals surface area contributed by atoms with Gasteiger partial charge in [0.05, 0.1) is 11.9 Å². The lowest BCUT2D eigenvalue weighted by Crippen LogP contribution is -2.53. The van der Waals surface area contributed by atoms with Crippen molar-refractivity contribution >= 4 is 27.5 Å². The maximum absolute atomic E-state index is 13.8. The van der Waals surface area contributed by atoms with Gasteiger partial charge in [-0.3, -0.25) is 13.9 Å². The van der Waals surface area contributed by atoms with E-state index in [9.17, 15) is 18.0 Å². The molecule has 0 radical (unpaired) electrons. The van der Waals surface area contributed by atoms with Crippen molar-refractivity contribution in [3.63, 3.8) is 0 Å². The lowest BCUT2D eigenvalue weighted by molar-refractivity contribution is -0.139. The van der Waals surface area contributed by atoms with Gasteiger partial charge in [0.1, 0.15) is 12.6 Å². The summed E-state index contributed by atoms with van der Waals surface area (Å²) in [5, 5.41) is 3.12. The lowest BCUT2D eigenvalue weighted by Gasteiger charge is -2.33. The summed E-state index contributed by atoms with van der Waals surface area (Å²) in [6, 6.07) is 12.6. The Morgan fingerprint density at radius 3 is 2.31 bits per heavy atom. The van der Waals surface area contributed by atoms with Crippen molar-refractivity contribution < 1.29 is 18.0 Å². The zero-order valence-corrected chi connectivity index (χ0v) is 22.9. The van der Waals surface area contributed by atoms with Crippen LogP contribution >= 0.6 is 0 Å². The number of hydrogen-bond donors (Lipinski definition) is 1. The second-order valence-corrected chi connectivity index (χ2v) is 11.9. The molecule has 1 aliphatic carbocycles. The minimum atomic E-state index is -3.75. The van der Waals surface area contributed by atoms with E-state index >= 15 is 0 Å². The summed E-state index contributed by atoms with van der Waals surface area (Å²) in [4.78, 5) is 28.5. The number of amides is 2. The number of nitrogens with zero attached hydrogens (tertiary/aromatic N) is 2. The highest BCUT2D eigenvalue weighted by molar-refractivity contribution is 7.92. The predicted molar refractivity (Wildman–Crippen MR) is 144 cm³/mol. The predicted octanol–water partition coefficient (Wildman–Crippen LogP) is 4.24. The number of rotatable bonds is 9. The van der Waals surface area contributed by atoms with Gasteiger partial charge in [-0.2, -0.15) is 0 Å². The van der Waals surface area contributed by atoms with Gasteiger partial charge in [-0.25, -0.2) is 8.42 Å². The van der Waals surface area contributed by atoms with E-state index in [-0.39, 0.29) is 25.0 Å². The molecule has 36 heavy (non-hydrogen) atoms. The molecule has 0 aromatic heterocycles. The van der Waals surface area contributed by atoms with Gasteiger partial charge < -0.3 is 10.2 Å². The topological polar surface area (TPSA) is 86.8 Å². The molecule has 0 heterocycles. The molecule has 2 aromatic rings. The van der Waals surface area contributed by atoms with Crippen LogP contribution in [0.2, 0.25) is 0 Å². The van der Waals surface area contributed by atoms with Crippen molar-refractivity contribution in [2.24, 2.45) is 0 Å². The normalized spacial score (nSPS) is 15.2. The third kappa shape index (κ3) is 7.09. The van der Waals surface area contributed by atoms with Crippen LogP contribution in [0.25, 0.3) is 0 Å². The first-order valence-electron chi connectivity index (χ1n) is 12.7. The number of anilines is 1. The molecular formula is C28H39N3O4S. The quantitative estimate of drug-likeness (QED) is 0.543. The van der Waals surface area contributed by atoms with E-state index in [0.717, 1.165) is 58.5 Å². The number of carbonyl (C=O) groups is 2. The van der Waals surface area contributed by atoms with Gasteiger partial charge in [-0.1, -0.05) is 55.7 Å². The fourth-order valence-electron chi connectivity index (χ4n) is 4.71. The summed E-state index contributed by atoms with van der Waals surface area (Å²) in [5.74, 6) is -0.627. The van der Waals surface area contributed by atoms with Gasteiger partial charge in [-0.15, -0.1) is 0 Å². The summed E-state index contributed by atoms with van der Waals surface area (Å²) < 4.78 is 26.8. The molecule has 1 N–H and O–H groups in total. The van der Waals surface area contributed by atoms with Crippen LogP contribution in [0.5, 0.6) is 0 Å². The average Bonchev–Trinajstić information content (AvgIpc) is 2.83. The van der Waals surface area contributed by atoms with Crippen LogP contribution in [-0.4, -0.2) is 50.0 Å². The molecule has 7 nitrogen and oxygen atoms in total. The van der Waals surface area contributed by atoms with Gasteiger partial charge in [-0.05, 0) is 68.9 Å². The van der Waals surface area contributed by atoms with Gasteiger partial charge >= 0.3 is 0 Å². The lowest BCUT2D eigenvalue weighted by atomic mass is 9.95. The Labute approximate surface area is 215 Å². The number of nitrogens with one attached hydrogen (secondary N) is 1. The zero-order valence-electron chi connectivity index (χ0n) is 22.1. The van der Waals surface area contributed by atoms with Crippen molar-refractivity contribution in [2.45, 2.75) is 78.4 Å². The Morgan fingerprint density at radius 2 is 1.67 bits per heavy atom. The first-order valence-corrected chi connectivity index (χ1v) is 14.5. The molecule has 0 aliphatic heterocycles. The SMILES string of the molecule is Cc1ccc(C)c(N(CC(=O)N(Cc2ccccc2C)C(C)C(=O)NC2CCCCC2)S(C)(=O)=O)c1. The van der Waals surface area contributed by atoms with Crippen molar-refractivity contribution in [3.8, 4) is 0 Å². The smallest absolute Gasteiger partial charge is 0.244 e. The van der Waals surface area contributed by atoms with Crippen LogP contribution in [0.1, 0.15) is 61.3 Å². The van der Waals surface area contributed by atoms with E-state index in [4.69, 9.17) is 0 Å². The van der Waals surface area contributed by atoms with E-state index in [1.165, 1.54) is 11.3 Å². The van der Waals surface area contributed by atoms with Crippen molar-refractivity contribution in [1.82, 2.24) is 10.2 Å². The third-order valence-electron chi connectivity index (χ3n) is 7.03. The average molecular weight is 514 g/mol. The highest BCUT2D eigenvalue weighted by Gasteiger charge is 2.31. The summed E-state index contributed by atoms with van der Waals surface area (Å²) in [5.41, 5.74) is 4.05. The number of carbonyl (C=O) groups excluding carboxylic acids is 2. The van der Waals surface area contributed by atoms with E-state index in [2.05, 4.69) is 5.32 Å². The molecular weight excluding hydrogens is 474 g/mol. The van der Waals surface area contributed by atoms with Crippen LogP contribution in [0, 0.1) is 20.8 Å². The molecule has 1 aliphatic rings. The molecule has 1 atom stereocenters. The van der Waals surface area contributed by atoms with E-state index in [0.29, 0.717) is 5.69 Å². The molecule has 0 saturated heterocycles. The standard InChI is InChI=1S/C28H39N3O4S/c1-20-15-16-22(3)26(17-20)31(36(5,34)35)19-27(32)30(18-24-12-10-9-11-21(24)2)23(4)28(33)29-25-13-7-6-8-14-25/h9-12,15-17,23,25H,6-8,13-14,18-19H2,1-5H3,(H,29,33). The van der Waals surface area contributed by atoms with Crippen LogP contribution in [0.3, 0.4) is 0 Å². The highest BCUT2D eigenvalue weighted by Crippen LogP contribution is 2.25. The first kappa shape index (κ1) is 27.7. The minimum Gasteiger partial charge on any atom is -0.352 e. The number of hydrogen-bond acceptors (Lipinski definition) is 4. The van der Waals surface area contributed by atoms with Crippen LogP contribution in [0.15, 0.2) is 42.5 Å². The second-order valence-electron chi connectivity index (χ2n) is 10.0.